The Kier molecular flexibility index (Phi) is 11.4. The summed E-state index contributed by atoms with van der Waals surface area (Å²) in [6.07, 6.45) is 10.7. The standard InChI is InChI=1S/C38H51N3O7/c1-4-6-7-10-35(43)48-36-25(9-8-19-40-34(42)5-2)21-32-31-15-13-24-20-28(14-16-29(24)30(31)17-18-38(32,36)3)47-23-27-12-11-26(37(39)44)22-33(27)41(45)46/h11-12,14,16,20,22,25,30-32,36H,4-10,13,15,17-19,21,23H2,1-3H3,(H2,39,44)(H,40,42)/t25-,30+,31+,32-,36-,38-/m0/s1. The van der Waals surface area contributed by atoms with Gasteiger partial charge in [-0.05, 0) is 110 Å². The molecule has 260 valence electrons. The first-order chi connectivity index (χ1) is 23.0. The van der Waals surface area contributed by atoms with E-state index in [1.807, 2.05) is 13.0 Å². The van der Waals surface area contributed by atoms with E-state index < -0.39 is 10.8 Å². The van der Waals surface area contributed by atoms with E-state index in [0.717, 1.165) is 64.2 Å². The van der Waals surface area contributed by atoms with Gasteiger partial charge in [-0.15, -0.1) is 0 Å². The Bertz CT molecular complexity index is 1510. The number of nitrogens with one attached hydrogen (secondary N) is 1. The summed E-state index contributed by atoms with van der Waals surface area (Å²) in [6.45, 7) is 7.01. The number of unbranched alkanes of at least 4 members (excludes halogenated alkanes) is 2. The highest BCUT2D eigenvalue weighted by molar-refractivity contribution is 5.93. The molecule has 0 saturated heterocycles. The lowest BCUT2D eigenvalue weighted by atomic mass is 9.55. The molecule has 0 aromatic heterocycles. The lowest BCUT2D eigenvalue weighted by Gasteiger charge is -2.50. The Hall–Kier alpha value is -3.95. The molecular weight excluding hydrogens is 610 g/mol. The molecule has 2 aromatic rings. The molecule has 3 aliphatic carbocycles. The lowest BCUT2D eigenvalue weighted by molar-refractivity contribution is -0.385. The van der Waals surface area contributed by atoms with E-state index in [1.54, 1.807) is 0 Å². The molecule has 0 bridgehead atoms. The number of rotatable bonds is 15. The fourth-order valence-electron chi connectivity index (χ4n) is 8.89. The number of nitro groups is 1. The number of aryl methyl sites for hydroxylation is 1. The van der Waals surface area contributed by atoms with Crippen molar-refractivity contribution in [1.82, 2.24) is 5.32 Å². The molecule has 5 rings (SSSR count). The summed E-state index contributed by atoms with van der Waals surface area (Å²) < 4.78 is 12.4. The van der Waals surface area contributed by atoms with Crippen LogP contribution in [0.15, 0.2) is 36.4 Å². The van der Waals surface area contributed by atoms with Crippen LogP contribution in [0.25, 0.3) is 0 Å². The first-order valence-electron chi connectivity index (χ1n) is 17.8. The number of nitrogens with zero attached hydrogens (tertiary/aromatic N) is 1. The second-order valence-corrected chi connectivity index (χ2v) is 14.3. The van der Waals surface area contributed by atoms with Crippen LogP contribution in [0.1, 0.15) is 124 Å². The van der Waals surface area contributed by atoms with Crippen LogP contribution in [-0.4, -0.2) is 35.4 Å². The molecule has 0 heterocycles. The van der Waals surface area contributed by atoms with Crippen molar-refractivity contribution in [2.45, 2.75) is 116 Å². The molecule has 0 unspecified atom stereocenters. The molecule has 3 aliphatic rings. The SMILES string of the molecule is CCCCCC(=O)O[C@H]1[C@@H](CCCNC(=O)CC)C[C@H]2[C@@H]3CCc4cc(OCc5ccc(C(N)=O)cc5[N+](=O)[O-])ccc4[C@H]3CC[C@@]21C. The fraction of sp³-hybridized carbons (Fsp3) is 0.605. The number of fused-ring (bicyclic) bond motifs is 5. The van der Waals surface area contributed by atoms with Crippen LogP contribution in [-0.2, 0) is 27.4 Å². The van der Waals surface area contributed by atoms with Crippen molar-refractivity contribution in [1.29, 1.82) is 0 Å². The summed E-state index contributed by atoms with van der Waals surface area (Å²) in [4.78, 5) is 47.5. The van der Waals surface area contributed by atoms with Crippen molar-refractivity contribution in [2.24, 2.45) is 28.9 Å². The number of amides is 2. The monoisotopic (exact) mass is 661 g/mol. The highest BCUT2D eigenvalue weighted by atomic mass is 16.6. The van der Waals surface area contributed by atoms with Crippen LogP contribution in [0.3, 0.4) is 0 Å². The Morgan fingerprint density at radius 1 is 1.08 bits per heavy atom. The van der Waals surface area contributed by atoms with Crippen molar-refractivity contribution in [3.63, 3.8) is 0 Å². The van der Waals surface area contributed by atoms with E-state index in [-0.39, 0.29) is 47.2 Å². The van der Waals surface area contributed by atoms with E-state index in [4.69, 9.17) is 15.2 Å². The Morgan fingerprint density at radius 2 is 1.90 bits per heavy atom. The smallest absolute Gasteiger partial charge is 0.306 e. The first-order valence-corrected chi connectivity index (χ1v) is 17.8. The van der Waals surface area contributed by atoms with Gasteiger partial charge in [0.25, 0.3) is 5.69 Å². The summed E-state index contributed by atoms with van der Waals surface area (Å²) in [5.74, 6) is 1.60. The molecule has 0 spiro atoms. The zero-order valence-corrected chi connectivity index (χ0v) is 28.6. The maximum absolute atomic E-state index is 13.1. The molecule has 48 heavy (non-hydrogen) atoms. The van der Waals surface area contributed by atoms with Gasteiger partial charge in [0.05, 0.1) is 10.5 Å². The van der Waals surface area contributed by atoms with Crippen molar-refractivity contribution in [2.75, 3.05) is 6.54 Å². The Labute approximate surface area is 283 Å². The normalized spacial score (nSPS) is 25.7. The molecule has 3 N–H and O–H groups in total. The number of nitrogens with two attached hydrogens (primary N) is 1. The average Bonchev–Trinajstić information content (AvgIpc) is 3.35. The van der Waals surface area contributed by atoms with Gasteiger partial charge in [0.1, 0.15) is 18.5 Å². The maximum atomic E-state index is 13.1. The summed E-state index contributed by atoms with van der Waals surface area (Å²) in [5, 5.41) is 14.6. The predicted octanol–water partition coefficient (Wildman–Crippen LogP) is 7.15. The quantitative estimate of drug-likeness (QED) is 0.0890. The second kappa shape index (κ2) is 15.5. The number of primary amides is 1. The largest absolute Gasteiger partial charge is 0.489 e. The Morgan fingerprint density at radius 3 is 2.62 bits per heavy atom. The number of nitro benzene ring substituents is 1. The highest BCUT2D eigenvalue weighted by Crippen LogP contribution is 2.63. The van der Waals surface area contributed by atoms with Gasteiger partial charge < -0.3 is 20.5 Å². The van der Waals surface area contributed by atoms with Crippen molar-refractivity contribution in [3.8, 4) is 5.75 Å². The van der Waals surface area contributed by atoms with Crippen LogP contribution in [0.4, 0.5) is 5.69 Å². The van der Waals surface area contributed by atoms with E-state index in [0.29, 0.717) is 48.5 Å². The van der Waals surface area contributed by atoms with Gasteiger partial charge >= 0.3 is 5.97 Å². The molecule has 2 aromatic carbocycles. The number of carbonyl (C=O) groups is 3. The summed E-state index contributed by atoms with van der Waals surface area (Å²) in [7, 11) is 0. The lowest BCUT2D eigenvalue weighted by Crippen LogP contribution is -2.46. The molecule has 0 radical (unpaired) electrons. The minimum absolute atomic E-state index is 0.00267. The highest BCUT2D eigenvalue weighted by Gasteiger charge is 2.59. The summed E-state index contributed by atoms with van der Waals surface area (Å²) in [6, 6.07) is 10.4. The average molecular weight is 662 g/mol. The minimum Gasteiger partial charge on any atom is -0.489 e. The van der Waals surface area contributed by atoms with Gasteiger partial charge in [0.15, 0.2) is 0 Å². The van der Waals surface area contributed by atoms with Gasteiger partial charge in [0.2, 0.25) is 11.8 Å². The van der Waals surface area contributed by atoms with Gasteiger partial charge in [-0.25, -0.2) is 0 Å². The van der Waals surface area contributed by atoms with Crippen molar-refractivity contribution < 1.29 is 28.8 Å². The van der Waals surface area contributed by atoms with Gasteiger partial charge in [-0.1, -0.05) is 39.7 Å². The number of hydrogen-bond acceptors (Lipinski definition) is 7. The predicted molar refractivity (Wildman–Crippen MR) is 182 cm³/mol. The number of hydrogen-bond donors (Lipinski definition) is 2. The first kappa shape index (κ1) is 35.4. The molecule has 0 aliphatic heterocycles. The van der Waals surface area contributed by atoms with Gasteiger partial charge in [-0.3, -0.25) is 24.5 Å². The zero-order chi connectivity index (χ0) is 34.4. The van der Waals surface area contributed by atoms with Gasteiger partial charge in [-0.2, -0.15) is 0 Å². The number of esters is 1. The Balaban J connectivity index is 1.29. The zero-order valence-electron chi connectivity index (χ0n) is 28.6. The topological polar surface area (TPSA) is 151 Å². The number of ether oxygens (including phenoxy) is 2. The van der Waals surface area contributed by atoms with E-state index >= 15 is 0 Å². The third-order valence-corrected chi connectivity index (χ3v) is 11.4. The van der Waals surface area contributed by atoms with Gasteiger partial charge in [0, 0.05) is 36.4 Å². The minimum atomic E-state index is -0.717. The van der Waals surface area contributed by atoms with Crippen molar-refractivity contribution >= 4 is 23.5 Å². The number of benzene rings is 2. The fourth-order valence-corrected chi connectivity index (χ4v) is 8.89. The summed E-state index contributed by atoms with van der Waals surface area (Å²) >= 11 is 0. The molecule has 10 nitrogen and oxygen atoms in total. The summed E-state index contributed by atoms with van der Waals surface area (Å²) in [5.41, 5.74) is 8.13. The molecule has 2 amide bonds. The molecule has 2 fully saturated rings. The van der Waals surface area contributed by atoms with Crippen LogP contribution >= 0.6 is 0 Å². The third kappa shape index (κ3) is 7.68. The maximum Gasteiger partial charge on any atom is 0.306 e. The van der Waals surface area contributed by atoms with E-state index in [2.05, 4.69) is 31.3 Å². The van der Waals surface area contributed by atoms with E-state index in [9.17, 15) is 24.5 Å². The van der Waals surface area contributed by atoms with Crippen molar-refractivity contribution in [3.05, 3.63) is 68.8 Å². The van der Waals surface area contributed by atoms with Crippen LogP contribution in [0.5, 0.6) is 5.75 Å². The molecule has 6 atom stereocenters. The van der Waals surface area contributed by atoms with Crippen LogP contribution in [0, 0.1) is 33.3 Å². The van der Waals surface area contributed by atoms with Crippen LogP contribution < -0.4 is 15.8 Å². The van der Waals surface area contributed by atoms with E-state index in [1.165, 1.54) is 29.3 Å². The molecular formula is C38H51N3O7. The van der Waals surface area contributed by atoms with Crippen LogP contribution in [0.2, 0.25) is 0 Å². The molecule has 10 heteroatoms. The second-order valence-electron chi connectivity index (χ2n) is 14.3. The molecule has 2 saturated carbocycles. The third-order valence-electron chi connectivity index (χ3n) is 11.4. The number of carbonyl (C=O) groups excluding carboxylic acids is 3.